The van der Waals surface area contributed by atoms with Crippen molar-refractivity contribution in [2.45, 2.75) is 52.0 Å². The summed E-state index contributed by atoms with van der Waals surface area (Å²) in [6.07, 6.45) is 3.51. The van der Waals surface area contributed by atoms with Gasteiger partial charge in [-0.25, -0.2) is 0 Å². The van der Waals surface area contributed by atoms with Gasteiger partial charge < -0.3 is 15.8 Å². The summed E-state index contributed by atoms with van der Waals surface area (Å²) >= 11 is 0. The van der Waals surface area contributed by atoms with Crippen LogP contribution in [0.2, 0.25) is 0 Å². The minimum Gasteiger partial charge on any atom is -0.380 e. The summed E-state index contributed by atoms with van der Waals surface area (Å²) in [7, 11) is 0. The number of ether oxygens (including phenoxy) is 1. The van der Waals surface area contributed by atoms with Crippen molar-refractivity contribution in [3.63, 3.8) is 0 Å². The molecule has 0 radical (unpaired) electrons. The molecule has 0 bridgehead atoms. The summed E-state index contributed by atoms with van der Waals surface area (Å²) in [5, 5.41) is 2.81. The van der Waals surface area contributed by atoms with E-state index in [1.54, 1.807) is 0 Å². The summed E-state index contributed by atoms with van der Waals surface area (Å²) in [4.78, 5) is 11.7. The van der Waals surface area contributed by atoms with Crippen molar-refractivity contribution in [2.24, 2.45) is 5.73 Å². The zero-order valence-corrected chi connectivity index (χ0v) is 10.8. The Morgan fingerprint density at radius 1 is 1.25 bits per heavy atom. The molecule has 1 amide bonds. The number of unbranched alkanes of at least 4 members (excludes halogenated alkanes) is 1. The fraction of sp³-hybridized carbons (Fsp3) is 0.917. The molecule has 0 aromatic carbocycles. The van der Waals surface area contributed by atoms with Crippen molar-refractivity contribution in [1.82, 2.24) is 5.32 Å². The van der Waals surface area contributed by atoms with Crippen molar-refractivity contribution in [3.05, 3.63) is 0 Å². The molecule has 4 heteroatoms. The van der Waals surface area contributed by atoms with E-state index in [4.69, 9.17) is 10.5 Å². The standard InChI is InChI=1S/C12H26N2O2/c1-4-7-9-16-10-8-14-11(15)12(13,5-2)6-3/h4-10,13H2,1-3H3,(H,14,15). The Balaban J connectivity index is 3.64. The molecule has 16 heavy (non-hydrogen) atoms. The van der Waals surface area contributed by atoms with Crippen LogP contribution >= 0.6 is 0 Å². The smallest absolute Gasteiger partial charge is 0.240 e. The molecule has 0 aliphatic carbocycles. The van der Waals surface area contributed by atoms with E-state index in [1.807, 2.05) is 13.8 Å². The van der Waals surface area contributed by atoms with Crippen molar-refractivity contribution >= 4 is 5.91 Å². The molecule has 0 heterocycles. The lowest BCUT2D eigenvalue weighted by molar-refractivity contribution is -0.126. The number of hydrogen-bond donors (Lipinski definition) is 2. The molecular formula is C12H26N2O2. The topological polar surface area (TPSA) is 64.3 Å². The van der Waals surface area contributed by atoms with Crippen LogP contribution < -0.4 is 11.1 Å². The van der Waals surface area contributed by atoms with Gasteiger partial charge in [-0.1, -0.05) is 27.2 Å². The lowest BCUT2D eigenvalue weighted by Gasteiger charge is -2.25. The summed E-state index contributed by atoms with van der Waals surface area (Å²) in [5.41, 5.74) is 5.23. The third kappa shape index (κ3) is 5.47. The molecular weight excluding hydrogens is 204 g/mol. The normalized spacial score (nSPS) is 11.5. The Labute approximate surface area is 98.9 Å². The van der Waals surface area contributed by atoms with E-state index in [1.165, 1.54) is 0 Å². The van der Waals surface area contributed by atoms with Crippen molar-refractivity contribution in [2.75, 3.05) is 19.8 Å². The predicted molar refractivity (Wildman–Crippen MR) is 66.2 cm³/mol. The van der Waals surface area contributed by atoms with Crippen LogP contribution in [0.25, 0.3) is 0 Å². The lowest BCUT2D eigenvalue weighted by atomic mass is 9.93. The van der Waals surface area contributed by atoms with Crippen LogP contribution in [0.1, 0.15) is 46.5 Å². The minimum absolute atomic E-state index is 0.0726. The van der Waals surface area contributed by atoms with Gasteiger partial charge in [-0.2, -0.15) is 0 Å². The highest BCUT2D eigenvalue weighted by Gasteiger charge is 2.29. The maximum atomic E-state index is 11.7. The van der Waals surface area contributed by atoms with Crippen LogP contribution in [-0.4, -0.2) is 31.2 Å². The number of carbonyl (C=O) groups excluding carboxylic acids is 1. The van der Waals surface area contributed by atoms with Gasteiger partial charge in [0.2, 0.25) is 5.91 Å². The van der Waals surface area contributed by atoms with Crippen LogP contribution in [0.5, 0.6) is 0 Å². The summed E-state index contributed by atoms with van der Waals surface area (Å²) in [5.74, 6) is -0.0726. The van der Waals surface area contributed by atoms with Gasteiger partial charge in [0.05, 0.1) is 12.1 Å². The van der Waals surface area contributed by atoms with E-state index in [9.17, 15) is 4.79 Å². The summed E-state index contributed by atoms with van der Waals surface area (Å²) in [6.45, 7) is 7.86. The van der Waals surface area contributed by atoms with Gasteiger partial charge in [0.1, 0.15) is 0 Å². The summed E-state index contributed by atoms with van der Waals surface area (Å²) < 4.78 is 5.35. The van der Waals surface area contributed by atoms with Crippen LogP contribution in [0.15, 0.2) is 0 Å². The van der Waals surface area contributed by atoms with E-state index < -0.39 is 5.54 Å². The molecule has 0 atom stereocenters. The lowest BCUT2D eigenvalue weighted by Crippen LogP contribution is -2.53. The highest BCUT2D eigenvalue weighted by Crippen LogP contribution is 2.10. The van der Waals surface area contributed by atoms with Gasteiger partial charge >= 0.3 is 0 Å². The molecule has 0 aliphatic heterocycles. The average Bonchev–Trinajstić information content (AvgIpc) is 2.32. The Morgan fingerprint density at radius 2 is 1.88 bits per heavy atom. The minimum atomic E-state index is -0.719. The van der Waals surface area contributed by atoms with E-state index in [-0.39, 0.29) is 5.91 Å². The van der Waals surface area contributed by atoms with Gasteiger partial charge in [0.15, 0.2) is 0 Å². The van der Waals surface area contributed by atoms with Crippen molar-refractivity contribution in [1.29, 1.82) is 0 Å². The molecule has 0 rings (SSSR count). The van der Waals surface area contributed by atoms with E-state index in [2.05, 4.69) is 12.2 Å². The fourth-order valence-corrected chi connectivity index (χ4v) is 1.33. The second-order valence-electron chi connectivity index (χ2n) is 4.09. The molecule has 96 valence electrons. The largest absolute Gasteiger partial charge is 0.380 e. The molecule has 0 aliphatic rings. The molecule has 0 spiro atoms. The van der Waals surface area contributed by atoms with Crippen molar-refractivity contribution in [3.8, 4) is 0 Å². The van der Waals surface area contributed by atoms with Crippen LogP contribution in [0, 0.1) is 0 Å². The molecule has 0 fully saturated rings. The molecule has 0 unspecified atom stereocenters. The van der Waals surface area contributed by atoms with E-state index in [0.29, 0.717) is 26.0 Å². The number of carbonyl (C=O) groups is 1. The zero-order valence-electron chi connectivity index (χ0n) is 10.8. The number of rotatable bonds is 9. The van der Waals surface area contributed by atoms with Crippen molar-refractivity contribution < 1.29 is 9.53 Å². The van der Waals surface area contributed by atoms with E-state index >= 15 is 0 Å². The van der Waals surface area contributed by atoms with Gasteiger partial charge in [-0.3, -0.25) is 4.79 Å². The van der Waals surface area contributed by atoms with Crippen LogP contribution in [-0.2, 0) is 9.53 Å². The third-order valence-corrected chi connectivity index (χ3v) is 2.89. The molecule has 4 nitrogen and oxygen atoms in total. The quantitative estimate of drug-likeness (QED) is 0.589. The molecule has 3 N–H and O–H groups in total. The Morgan fingerprint density at radius 3 is 2.38 bits per heavy atom. The monoisotopic (exact) mass is 230 g/mol. The molecule has 0 aromatic rings. The van der Waals surface area contributed by atoms with Crippen LogP contribution in [0.4, 0.5) is 0 Å². The first-order chi connectivity index (χ1) is 7.60. The maximum absolute atomic E-state index is 11.7. The number of amides is 1. The average molecular weight is 230 g/mol. The van der Waals surface area contributed by atoms with Gasteiger partial charge in [0, 0.05) is 13.2 Å². The van der Waals surface area contributed by atoms with Gasteiger partial charge in [-0.15, -0.1) is 0 Å². The maximum Gasteiger partial charge on any atom is 0.240 e. The predicted octanol–water partition coefficient (Wildman–Crippen LogP) is 1.44. The second kappa shape index (κ2) is 8.53. The third-order valence-electron chi connectivity index (χ3n) is 2.89. The zero-order chi connectivity index (χ0) is 12.4. The SMILES string of the molecule is CCCCOCCNC(=O)C(N)(CC)CC. The molecule has 0 saturated carbocycles. The first-order valence-corrected chi connectivity index (χ1v) is 6.25. The number of hydrogen-bond acceptors (Lipinski definition) is 3. The second-order valence-corrected chi connectivity index (χ2v) is 4.09. The number of nitrogens with one attached hydrogen (secondary N) is 1. The highest BCUT2D eigenvalue weighted by molar-refractivity contribution is 5.85. The Hall–Kier alpha value is -0.610. The Bertz CT molecular complexity index is 191. The first kappa shape index (κ1) is 15.4. The first-order valence-electron chi connectivity index (χ1n) is 6.25. The number of nitrogens with two attached hydrogens (primary N) is 1. The fourth-order valence-electron chi connectivity index (χ4n) is 1.33. The van der Waals surface area contributed by atoms with E-state index in [0.717, 1.165) is 19.4 Å². The molecule has 0 aromatic heterocycles. The van der Waals surface area contributed by atoms with Gasteiger partial charge in [-0.05, 0) is 19.3 Å². The molecule has 0 saturated heterocycles. The van der Waals surface area contributed by atoms with Crippen LogP contribution in [0.3, 0.4) is 0 Å². The summed E-state index contributed by atoms with van der Waals surface area (Å²) in [6, 6.07) is 0. The Kier molecular flexibility index (Phi) is 8.21. The van der Waals surface area contributed by atoms with Gasteiger partial charge in [0.25, 0.3) is 0 Å². The highest BCUT2D eigenvalue weighted by atomic mass is 16.5.